The fourth-order valence-corrected chi connectivity index (χ4v) is 4.55. The van der Waals surface area contributed by atoms with Crippen molar-refractivity contribution >= 4 is 22.3 Å². The van der Waals surface area contributed by atoms with Gasteiger partial charge in [0.05, 0.1) is 17.3 Å². The number of nitrogens with zero attached hydrogens (tertiary/aromatic N) is 8. The number of aliphatic hydroxyl groups is 1. The molecule has 0 aliphatic carbocycles. The minimum atomic E-state index is -0.527. The first kappa shape index (κ1) is 21.3. The number of pyridine rings is 2. The van der Waals surface area contributed by atoms with E-state index in [1.54, 1.807) is 29.9 Å². The molecule has 1 unspecified atom stereocenters. The van der Waals surface area contributed by atoms with Gasteiger partial charge in [0.15, 0.2) is 5.65 Å². The molecule has 0 aliphatic heterocycles. The van der Waals surface area contributed by atoms with Crippen molar-refractivity contribution in [3.05, 3.63) is 97.0 Å². The lowest BCUT2D eigenvalue weighted by molar-refractivity contribution is 0.199. The van der Waals surface area contributed by atoms with E-state index in [9.17, 15) is 5.11 Å². The van der Waals surface area contributed by atoms with Gasteiger partial charge in [-0.2, -0.15) is 4.98 Å². The Labute approximate surface area is 210 Å². The van der Waals surface area contributed by atoms with E-state index >= 15 is 0 Å². The molecule has 1 atom stereocenters. The van der Waals surface area contributed by atoms with Gasteiger partial charge in [0, 0.05) is 35.1 Å². The highest BCUT2D eigenvalue weighted by atomic mass is 16.3. The number of aromatic nitrogens is 8. The van der Waals surface area contributed by atoms with Crippen LogP contribution in [-0.4, -0.2) is 44.3 Å². The van der Waals surface area contributed by atoms with Crippen molar-refractivity contribution in [3.8, 4) is 34.0 Å². The maximum Gasteiger partial charge on any atom is 0.252 e. The van der Waals surface area contributed by atoms with Crippen molar-refractivity contribution in [3.63, 3.8) is 0 Å². The Morgan fingerprint density at radius 1 is 0.838 bits per heavy atom. The van der Waals surface area contributed by atoms with Gasteiger partial charge in [-0.1, -0.05) is 54.6 Å². The molecule has 5 aromatic heterocycles. The van der Waals surface area contributed by atoms with E-state index in [0.717, 1.165) is 38.9 Å². The molecular weight excluding hydrogens is 464 g/mol. The number of aliphatic hydroxyl groups excluding tert-OH is 1. The molecule has 37 heavy (non-hydrogen) atoms. The van der Waals surface area contributed by atoms with E-state index in [0.29, 0.717) is 23.1 Å². The fraction of sp³-hybridized carbons (Fsp3) is 0.0714. The molecule has 9 heteroatoms. The number of hydrogen-bond acceptors (Lipinski definition) is 7. The molecule has 0 aliphatic rings. The summed E-state index contributed by atoms with van der Waals surface area (Å²) < 4.78 is 3.49. The Hall–Kier alpha value is -5.02. The standard InChI is InChI=1S/C28H20N8O/c1-17(37)18-8-10-20(11-9-18)24-21(19-6-3-2-4-7-19)16-22-23(30-24)12-15-35-26(22)32-33-27(35)25-31-28-29-13-5-14-36(28)34-25/h2-17,37H,1H3. The van der Waals surface area contributed by atoms with Gasteiger partial charge in [-0.05, 0) is 36.2 Å². The molecule has 5 heterocycles. The van der Waals surface area contributed by atoms with Crippen molar-refractivity contribution in [2.45, 2.75) is 13.0 Å². The van der Waals surface area contributed by atoms with Crippen LogP contribution in [0.25, 0.3) is 56.4 Å². The molecule has 1 N–H and O–H groups in total. The summed E-state index contributed by atoms with van der Waals surface area (Å²) >= 11 is 0. The summed E-state index contributed by atoms with van der Waals surface area (Å²) in [5.41, 5.74) is 6.16. The van der Waals surface area contributed by atoms with Crippen molar-refractivity contribution in [1.82, 2.24) is 39.2 Å². The third-order valence-corrected chi connectivity index (χ3v) is 6.44. The molecule has 0 radical (unpaired) electrons. The third-order valence-electron chi connectivity index (χ3n) is 6.44. The van der Waals surface area contributed by atoms with E-state index in [4.69, 9.17) is 4.98 Å². The third kappa shape index (κ3) is 3.52. The molecule has 7 rings (SSSR count). The van der Waals surface area contributed by atoms with Crippen LogP contribution in [0.3, 0.4) is 0 Å². The van der Waals surface area contributed by atoms with Crippen molar-refractivity contribution in [2.75, 3.05) is 0 Å². The van der Waals surface area contributed by atoms with Crippen LogP contribution in [0, 0.1) is 0 Å². The summed E-state index contributed by atoms with van der Waals surface area (Å²) in [5.74, 6) is 1.47. The quantitative estimate of drug-likeness (QED) is 0.384. The first-order valence-corrected chi connectivity index (χ1v) is 11.9. The Morgan fingerprint density at radius 2 is 1.68 bits per heavy atom. The Bertz CT molecular complexity index is 1870. The first-order chi connectivity index (χ1) is 18.2. The average Bonchev–Trinajstić information content (AvgIpc) is 3.57. The molecule has 0 spiro atoms. The van der Waals surface area contributed by atoms with Crippen LogP contribution in [0.1, 0.15) is 18.6 Å². The lowest BCUT2D eigenvalue weighted by Crippen LogP contribution is -1.96. The molecule has 0 saturated heterocycles. The van der Waals surface area contributed by atoms with Crippen LogP contribution < -0.4 is 0 Å². The van der Waals surface area contributed by atoms with E-state index in [2.05, 4.69) is 43.5 Å². The minimum Gasteiger partial charge on any atom is -0.389 e. The predicted octanol–water partition coefficient (Wildman–Crippen LogP) is 4.77. The van der Waals surface area contributed by atoms with E-state index < -0.39 is 6.10 Å². The van der Waals surface area contributed by atoms with Crippen molar-refractivity contribution in [2.24, 2.45) is 0 Å². The van der Waals surface area contributed by atoms with Gasteiger partial charge >= 0.3 is 0 Å². The second-order valence-corrected chi connectivity index (χ2v) is 8.81. The van der Waals surface area contributed by atoms with Crippen LogP contribution in [-0.2, 0) is 0 Å². The van der Waals surface area contributed by atoms with Gasteiger partial charge in [-0.3, -0.25) is 4.40 Å². The number of fused-ring (bicyclic) bond motifs is 4. The Morgan fingerprint density at radius 3 is 2.46 bits per heavy atom. The first-order valence-electron chi connectivity index (χ1n) is 11.9. The highest BCUT2D eigenvalue weighted by Crippen LogP contribution is 2.35. The SMILES string of the molecule is CC(O)c1ccc(-c2nc3ccn4c(-c5nc6ncccn6n5)nnc4c3cc2-c2ccccc2)cc1. The zero-order valence-electron chi connectivity index (χ0n) is 19.8. The maximum absolute atomic E-state index is 9.94. The summed E-state index contributed by atoms with van der Waals surface area (Å²) in [7, 11) is 0. The normalized spacial score (nSPS) is 12.5. The van der Waals surface area contributed by atoms with Gasteiger partial charge in [0.2, 0.25) is 11.6 Å². The van der Waals surface area contributed by atoms with Crippen LogP contribution in [0.2, 0.25) is 0 Å². The van der Waals surface area contributed by atoms with Gasteiger partial charge in [0.1, 0.15) is 0 Å². The smallest absolute Gasteiger partial charge is 0.252 e. The second kappa shape index (κ2) is 8.28. The lowest BCUT2D eigenvalue weighted by atomic mass is 9.96. The number of rotatable bonds is 4. The average molecular weight is 485 g/mol. The molecule has 2 aromatic carbocycles. The van der Waals surface area contributed by atoms with Gasteiger partial charge < -0.3 is 5.11 Å². The van der Waals surface area contributed by atoms with Gasteiger partial charge in [-0.25, -0.2) is 14.5 Å². The van der Waals surface area contributed by atoms with Crippen molar-refractivity contribution in [1.29, 1.82) is 0 Å². The van der Waals surface area contributed by atoms with E-state index in [1.807, 2.05) is 59.1 Å². The van der Waals surface area contributed by atoms with Crippen LogP contribution in [0.15, 0.2) is 91.4 Å². The number of benzene rings is 2. The highest BCUT2D eigenvalue weighted by molar-refractivity contribution is 5.98. The van der Waals surface area contributed by atoms with Gasteiger partial charge in [-0.15, -0.1) is 15.3 Å². The maximum atomic E-state index is 9.94. The topological polar surface area (TPSA) is 106 Å². The molecule has 0 bridgehead atoms. The minimum absolute atomic E-state index is 0.441. The molecule has 0 fully saturated rings. The van der Waals surface area contributed by atoms with Gasteiger partial charge in [0.25, 0.3) is 5.78 Å². The predicted molar refractivity (Wildman–Crippen MR) is 140 cm³/mol. The highest BCUT2D eigenvalue weighted by Gasteiger charge is 2.18. The molecular formula is C28H20N8O. The zero-order chi connectivity index (χ0) is 24.9. The summed E-state index contributed by atoms with van der Waals surface area (Å²) in [6.07, 6.45) is 4.83. The summed E-state index contributed by atoms with van der Waals surface area (Å²) in [6.45, 7) is 1.76. The zero-order valence-corrected chi connectivity index (χ0v) is 19.8. The van der Waals surface area contributed by atoms with Crippen molar-refractivity contribution < 1.29 is 5.11 Å². The monoisotopic (exact) mass is 484 g/mol. The van der Waals surface area contributed by atoms with Crippen LogP contribution >= 0.6 is 0 Å². The fourth-order valence-electron chi connectivity index (χ4n) is 4.55. The van der Waals surface area contributed by atoms with E-state index in [-0.39, 0.29) is 0 Å². The summed E-state index contributed by atoms with van der Waals surface area (Å²) in [6, 6.07) is 23.9. The Balaban J connectivity index is 1.45. The molecule has 7 aromatic rings. The van der Waals surface area contributed by atoms with Crippen LogP contribution in [0.5, 0.6) is 0 Å². The molecule has 0 saturated carbocycles. The van der Waals surface area contributed by atoms with Crippen LogP contribution in [0.4, 0.5) is 0 Å². The molecule has 0 amide bonds. The molecule has 178 valence electrons. The summed E-state index contributed by atoms with van der Waals surface area (Å²) in [5, 5.41) is 24.2. The Kier molecular flexibility index (Phi) is 4.76. The summed E-state index contributed by atoms with van der Waals surface area (Å²) in [4.78, 5) is 13.8. The largest absolute Gasteiger partial charge is 0.389 e. The molecule has 9 nitrogen and oxygen atoms in total. The lowest BCUT2D eigenvalue weighted by Gasteiger charge is -2.13. The second-order valence-electron chi connectivity index (χ2n) is 8.81. The number of hydrogen-bond donors (Lipinski definition) is 1. The van der Waals surface area contributed by atoms with E-state index in [1.165, 1.54) is 0 Å².